The van der Waals surface area contributed by atoms with Crippen LogP contribution in [0.3, 0.4) is 0 Å². The number of nitrogens with one attached hydrogen (secondary N) is 1. The number of carbonyl (C=O) groups is 4. The van der Waals surface area contributed by atoms with Crippen molar-refractivity contribution in [1.29, 1.82) is 0 Å². The van der Waals surface area contributed by atoms with Gasteiger partial charge in [0.1, 0.15) is 5.54 Å². The number of rotatable bonds is 7. The van der Waals surface area contributed by atoms with Gasteiger partial charge in [-0.05, 0) is 19.8 Å². The first-order valence-corrected chi connectivity index (χ1v) is 9.32. The normalized spacial score (nSPS) is 21.2. The summed E-state index contributed by atoms with van der Waals surface area (Å²) >= 11 is 1.24. The van der Waals surface area contributed by atoms with Crippen LogP contribution < -0.4 is 5.32 Å². The number of ether oxygens (including phenoxy) is 1. The summed E-state index contributed by atoms with van der Waals surface area (Å²) < 4.78 is 4.86. The van der Waals surface area contributed by atoms with E-state index in [1.54, 1.807) is 6.92 Å². The summed E-state index contributed by atoms with van der Waals surface area (Å²) in [5.41, 5.74) is -0.857. The maximum atomic E-state index is 12.6. The minimum absolute atomic E-state index is 0.0822. The van der Waals surface area contributed by atoms with Gasteiger partial charge in [0.15, 0.2) is 0 Å². The van der Waals surface area contributed by atoms with Crippen molar-refractivity contribution in [3.05, 3.63) is 11.1 Å². The van der Waals surface area contributed by atoms with Gasteiger partial charge in [-0.2, -0.15) is 0 Å². The minimum atomic E-state index is -0.857. The molecular weight excluding hydrogens is 346 g/mol. The summed E-state index contributed by atoms with van der Waals surface area (Å²) in [6, 6.07) is -0.441. The fourth-order valence-corrected chi connectivity index (χ4v) is 3.82. The topological polar surface area (TPSA) is 96.0 Å². The lowest BCUT2D eigenvalue weighted by atomic mass is 9.93. The fraction of sp³-hybridized carbons (Fsp3) is 0.625. The van der Waals surface area contributed by atoms with Crippen LogP contribution in [0.15, 0.2) is 11.1 Å². The summed E-state index contributed by atoms with van der Waals surface area (Å²) in [5, 5.41) is 3.23. The number of hydrogen-bond donors (Lipinski definition) is 1. The molecule has 0 aliphatic carbocycles. The highest BCUT2D eigenvalue weighted by atomic mass is 32.2. The van der Waals surface area contributed by atoms with Crippen molar-refractivity contribution in [1.82, 2.24) is 15.1 Å². The predicted octanol–water partition coefficient (Wildman–Crippen LogP) is 1.08. The van der Waals surface area contributed by atoms with E-state index >= 15 is 0 Å². The second kappa shape index (κ2) is 7.90. The molecule has 0 unspecified atom stereocenters. The highest BCUT2D eigenvalue weighted by molar-refractivity contribution is 8.04. The summed E-state index contributed by atoms with van der Waals surface area (Å²) in [6.45, 7) is 5.89. The summed E-state index contributed by atoms with van der Waals surface area (Å²) in [7, 11) is 0. The molecule has 25 heavy (non-hydrogen) atoms. The van der Waals surface area contributed by atoms with E-state index < -0.39 is 17.5 Å². The lowest BCUT2D eigenvalue weighted by Gasteiger charge is -2.24. The molecule has 2 saturated heterocycles. The third kappa shape index (κ3) is 3.81. The molecule has 0 atom stereocenters. The van der Waals surface area contributed by atoms with E-state index in [0.29, 0.717) is 17.9 Å². The zero-order valence-corrected chi connectivity index (χ0v) is 15.5. The summed E-state index contributed by atoms with van der Waals surface area (Å²) in [5.74, 6) is -0.725. The lowest BCUT2D eigenvalue weighted by molar-refractivity contribution is -0.137. The van der Waals surface area contributed by atoms with Crippen molar-refractivity contribution in [3.63, 3.8) is 0 Å². The third-order valence-electron chi connectivity index (χ3n) is 4.44. The molecule has 4 amide bonds. The van der Waals surface area contributed by atoms with E-state index in [-0.39, 0.29) is 37.3 Å². The van der Waals surface area contributed by atoms with Crippen LogP contribution in [0.5, 0.6) is 0 Å². The number of amides is 4. The van der Waals surface area contributed by atoms with Crippen molar-refractivity contribution in [3.8, 4) is 0 Å². The van der Waals surface area contributed by atoms with Crippen molar-refractivity contribution in [2.45, 2.75) is 39.2 Å². The van der Waals surface area contributed by atoms with Crippen molar-refractivity contribution in [2.24, 2.45) is 0 Å². The molecule has 2 aliphatic rings. The molecule has 2 fully saturated rings. The minimum Gasteiger partial charge on any atom is -0.463 e. The summed E-state index contributed by atoms with van der Waals surface area (Å²) in [6.07, 6.45) is 2.29. The maximum absolute atomic E-state index is 12.6. The second-order valence-corrected chi connectivity index (χ2v) is 6.74. The van der Waals surface area contributed by atoms with Crippen LogP contribution >= 0.6 is 11.8 Å². The van der Waals surface area contributed by atoms with Gasteiger partial charge >= 0.3 is 12.0 Å². The fourth-order valence-electron chi connectivity index (χ4n) is 2.86. The van der Waals surface area contributed by atoms with E-state index in [9.17, 15) is 19.2 Å². The Balaban J connectivity index is 2.06. The Labute approximate surface area is 150 Å². The van der Waals surface area contributed by atoms with Gasteiger partial charge in [-0.15, -0.1) is 0 Å². The molecule has 0 bridgehead atoms. The molecule has 138 valence electrons. The number of thioether (sulfide) groups is 1. The molecule has 0 aromatic heterocycles. The van der Waals surface area contributed by atoms with Crippen molar-refractivity contribution < 1.29 is 23.9 Å². The zero-order chi connectivity index (χ0) is 18.6. The van der Waals surface area contributed by atoms with E-state index in [2.05, 4.69) is 5.32 Å². The Morgan fingerprint density at radius 3 is 2.40 bits per heavy atom. The molecule has 0 radical (unpaired) electrons. The van der Waals surface area contributed by atoms with Gasteiger partial charge in [-0.1, -0.05) is 25.6 Å². The summed E-state index contributed by atoms with van der Waals surface area (Å²) in [4.78, 5) is 50.9. The van der Waals surface area contributed by atoms with Crippen LogP contribution in [-0.2, 0) is 19.1 Å². The first-order chi connectivity index (χ1) is 11.9. The molecule has 0 spiro atoms. The number of nitrogens with zero attached hydrogens (tertiary/aromatic N) is 2. The van der Waals surface area contributed by atoms with Gasteiger partial charge in [0, 0.05) is 13.1 Å². The Morgan fingerprint density at radius 1 is 1.20 bits per heavy atom. The van der Waals surface area contributed by atoms with Crippen LogP contribution in [0, 0.1) is 0 Å². The van der Waals surface area contributed by atoms with Crippen LogP contribution in [0.1, 0.15) is 33.6 Å². The third-order valence-corrected chi connectivity index (χ3v) is 5.46. The maximum Gasteiger partial charge on any atom is 0.333 e. The Kier molecular flexibility index (Phi) is 6.10. The smallest absolute Gasteiger partial charge is 0.333 e. The molecule has 0 aromatic rings. The number of imide groups is 1. The Morgan fingerprint density at radius 2 is 1.84 bits per heavy atom. The standard InChI is InChI=1S/C16H23N3O5S/c1-4-16(5-2)14(22)19(15(23)17-16)8-7-18-11(20)10-25-12(18)9-13(21)24-6-3/h9H,4-8,10H2,1-3H3,(H,17,23)/b12-9-. The lowest BCUT2D eigenvalue weighted by Crippen LogP contribution is -2.46. The largest absolute Gasteiger partial charge is 0.463 e. The first-order valence-electron chi connectivity index (χ1n) is 8.34. The molecule has 2 heterocycles. The Bertz CT molecular complexity index is 615. The number of esters is 1. The molecule has 2 aliphatic heterocycles. The number of hydrogen-bond acceptors (Lipinski definition) is 6. The average molecular weight is 369 g/mol. The van der Waals surface area contributed by atoms with Crippen molar-refractivity contribution in [2.75, 3.05) is 25.4 Å². The highest BCUT2D eigenvalue weighted by Gasteiger charge is 2.48. The molecule has 9 heteroatoms. The Hall–Kier alpha value is -2.03. The number of urea groups is 1. The molecule has 1 N–H and O–H groups in total. The quantitative estimate of drug-likeness (QED) is 0.410. The van der Waals surface area contributed by atoms with Gasteiger partial charge in [0.05, 0.1) is 23.5 Å². The van der Waals surface area contributed by atoms with E-state index in [1.807, 2.05) is 13.8 Å². The van der Waals surface area contributed by atoms with Crippen LogP contribution in [-0.4, -0.2) is 64.6 Å². The molecule has 0 aromatic carbocycles. The molecular formula is C16H23N3O5S. The van der Waals surface area contributed by atoms with Gasteiger partial charge < -0.3 is 15.0 Å². The van der Waals surface area contributed by atoms with E-state index in [1.165, 1.54) is 22.7 Å². The van der Waals surface area contributed by atoms with Gasteiger partial charge in [0.25, 0.3) is 5.91 Å². The first kappa shape index (κ1) is 19.3. The van der Waals surface area contributed by atoms with Crippen LogP contribution in [0.25, 0.3) is 0 Å². The van der Waals surface area contributed by atoms with Gasteiger partial charge in [0.2, 0.25) is 5.91 Å². The molecule has 2 rings (SSSR count). The predicted molar refractivity (Wildman–Crippen MR) is 92.4 cm³/mol. The van der Waals surface area contributed by atoms with E-state index in [4.69, 9.17) is 4.74 Å². The molecule has 0 saturated carbocycles. The van der Waals surface area contributed by atoms with Crippen LogP contribution in [0.4, 0.5) is 4.79 Å². The highest BCUT2D eigenvalue weighted by Crippen LogP contribution is 2.29. The van der Waals surface area contributed by atoms with Gasteiger partial charge in [-0.3, -0.25) is 14.5 Å². The van der Waals surface area contributed by atoms with Crippen molar-refractivity contribution >= 4 is 35.6 Å². The second-order valence-electron chi connectivity index (χ2n) is 5.74. The monoisotopic (exact) mass is 369 g/mol. The van der Waals surface area contributed by atoms with E-state index in [0.717, 1.165) is 4.90 Å². The SMILES string of the molecule is CCOC(=O)/C=C1\SCC(=O)N1CCN1C(=O)NC(CC)(CC)C1=O. The van der Waals surface area contributed by atoms with Gasteiger partial charge in [-0.25, -0.2) is 9.59 Å². The molecule has 8 nitrogen and oxygen atoms in total. The average Bonchev–Trinajstić information content (AvgIpc) is 3.04. The number of carbonyl (C=O) groups excluding carboxylic acids is 4. The zero-order valence-electron chi connectivity index (χ0n) is 14.7. The van der Waals surface area contributed by atoms with Crippen LogP contribution in [0.2, 0.25) is 0 Å².